The number of halogens is 1. The van der Waals surface area contributed by atoms with Crippen LogP contribution in [0.15, 0.2) is 33.9 Å². The minimum Gasteiger partial charge on any atom is -0.416 e. The number of thioether (sulfide) groups is 1. The zero-order chi connectivity index (χ0) is 13.9. The molecule has 0 atom stereocenters. The molecule has 2 rings (SSSR count). The molecule has 0 spiro atoms. The Bertz CT molecular complexity index is 552. The van der Waals surface area contributed by atoms with Crippen molar-refractivity contribution in [1.82, 2.24) is 10.2 Å². The van der Waals surface area contributed by atoms with Crippen LogP contribution in [0.4, 0.5) is 4.39 Å². The summed E-state index contributed by atoms with van der Waals surface area (Å²) in [4.78, 5) is 0. The van der Waals surface area contributed by atoms with Gasteiger partial charge in [-0.25, -0.2) is 4.39 Å². The van der Waals surface area contributed by atoms with E-state index < -0.39 is 5.60 Å². The quantitative estimate of drug-likeness (QED) is 0.854. The van der Waals surface area contributed by atoms with Crippen molar-refractivity contribution in [3.8, 4) is 0 Å². The molecule has 0 unspecified atom stereocenters. The minimum atomic E-state index is -0.790. The van der Waals surface area contributed by atoms with E-state index >= 15 is 0 Å². The summed E-state index contributed by atoms with van der Waals surface area (Å²) < 4.78 is 18.5. The van der Waals surface area contributed by atoms with Crippen LogP contribution in [0, 0.1) is 5.82 Å². The summed E-state index contributed by atoms with van der Waals surface area (Å²) in [5, 5.41) is 17.8. The van der Waals surface area contributed by atoms with E-state index in [2.05, 4.69) is 10.2 Å². The maximum absolute atomic E-state index is 13.0. The zero-order valence-electron chi connectivity index (χ0n) is 10.8. The van der Waals surface area contributed by atoms with Gasteiger partial charge in [0.2, 0.25) is 5.89 Å². The van der Waals surface area contributed by atoms with E-state index in [4.69, 9.17) is 4.42 Å². The van der Waals surface area contributed by atoms with E-state index in [1.54, 1.807) is 26.0 Å². The van der Waals surface area contributed by atoms with Crippen molar-refractivity contribution < 1.29 is 13.9 Å². The van der Waals surface area contributed by atoms with E-state index in [-0.39, 0.29) is 5.82 Å². The van der Waals surface area contributed by atoms with Gasteiger partial charge in [-0.2, -0.15) is 0 Å². The maximum atomic E-state index is 13.0. The minimum absolute atomic E-state index is 0.284. The van der Waals surface area contributed by atoms with Gasteiger partial charge in [0.1, 0.15) is 5.82 Å². The molecule has 0 saturated heterocycles. The molecule has 4 nitrogen and oxygen atoms in total. The maximum Gasteiger partial charge on any atom is 0.276 e. The Morgan fingerprint density at radius 1 is 1.37 bits per heavy atom. The molecule has 1 N–H and O–H groups in total. The summed E-state index contributed by atoms with van der Waals surface area (Å²) in [6.45, 7) is 3.42. The molecule has 19 heavy (non-hydrogen) atoms. The van der Waals surface area contributed by atoms with Gasteiger partial charge < -0.3 is 9.52 Å². The van der Waals surface area contributed by atoms with Gasteiger partial charge in [-0.15, -0.1) is 10.2 Å². The summed E-state index contributed by atoms with van der Waals surface area (Å²) in [5.74, 6) is 0.617. The average Bonchev–Trinajstić information content (AvgIpc) is 2.73. The van der Waals surface area contributed by atoms with Crippen molar-refractivity contribution in [1.29, 1.82) is 0 Å². The smallest absolute Gasteiger partial charge is 0.276 e. The van der Waals surface area contributed by atoms with Crippen molar-refractivity contribution in [2.24, 2.45) is 0 Å². The molecule has 1 aromatic heterocycles. The molecule has 0 aliphatic heterocycles. The SMILES string of the molecule is CC(C)(O)CSc1nnc(Cc2cccc(F)c2)o1. The lowest BCUT2D eigenvalue weighted by atomic mass is 10.1. The second-order valence-electron chi connectivity index (χ2n) is 4.87. The highest BCUT2D eigenvalue weighted by Gasteiger charge is 2.16. The Morgan fingerprint density at radius 2 is 2.16 bits per heavy atom. The largest absolute Gasteiger partial charge is 0.416 e. The van der Waals surface area contributed by atoms with Gasteiger partial charge in [-0.05, 0) is 31.5 Å². The predicted molar refractivity (Wildman–Crippen MR) is 70.5 cm³/mol. The first-order valence-electron chi connectivity index (χ1n) is 5.84. The molecule has 0 bridgehead atoms. The second kappa shape index (κ2) is 5.71. The van der Waals surface area contributed by atoms with Gasteiger partial charge in [-0.1, -0.05) is 23.9 Å². The highest BCUT2D eigenvalue weighted by Crippen LogP contribution is 2.22. The van der Waals surface area contributed by atoms with E-state index in [9.17, 15) is 9.50 Å². The number of hydrogen-bond acceptors (Lipinski definition) is 5. The fourth-order valence-corrected chi connectivity index (χ4v) is 2.16. The van der Waals surface area contributed by atoms with Crippen molar-refractivity contribution in [2.75, 3.05) is 5.75 Å². The highest BCUT2D eigenvalue weighted by molar-refractivity contribution is 7.99. The molecule has 0 saturated carbocycles. The van der Waals surface area contributed by atoms with Gasteiger partial charge in [0.15, 0.2) is 0 Å². The van der Waals surface area contributed by atoms with Crippen LogP contribution in [0.1, 0.15) is 25.3 Å². The van der Waals surface area contributed by atoms with E-state index in [0.717, 1.165) is 5.56 Å². The Hall–Kier alpha value is -1.40. The van der Waals surface area contributed by atoms with Crippen molar-refractivity contribution in [2.45, 2.75) is 31.1 Å². The van der Waals surface area contributed by atoms with Crippen LogP contribution in [0.5, 0.6) is 0 Å². The summed E-state index contributed by atoms with van der Waals surface area (Å²) in [6.07, 6.45) is 0.397. The number of aliphatic hydroxyl groups is 1. The Balaban J connectivity index is 1.97. The first-order valence-corrected chi connectivity index (χ1v) is 6.83. The van der Waals surface area contributed by atoms with Crippen LogP contribution in [0.3, 0.4) is 0 Å². The summed E-state index contributed by atoms with van der Waals surface area (Å²) in [6, 6.07) is 6.28. The molecule has 102 valence electrons. The molecule has 0 aliphatic rings. The lowest BCUT2D eigenvalue weighted by molar-refractivity contribution is 0.106. The lowest BCUT2D eigenvalue weighted by Gasteiger charge is -2.13. The van der Waals surface area contributed by atoms with Crippen LogP contribution >= 0.6 is 11.8 Å². The third kappa shape index (κ3) is 4.65. The lowest BCUT2D eigenvalue weighted by Crippen LogP contribution is -2.21. The number of benzene rings is 1. The van der Waals surface area contributed by atoms with E-state index in [1.807, 2.05) is 0 Å². The topological polar surface area (TPSA) is 59.2 Å². The van der Waals surface area contributed by atoms with Gasteiger partial charge >= 0.3 is 0 Å². The first-order chi connectivity index (χ1) is 8.92. The van der Waals surface area contributed by atoms with Gasteiger partial charge in [0.25, 0.3) is 5.22 Å². The van der Waals surface area contributed by atoms with Crippen LogP contribution in [0.25, 0.3) is 0 Å². The second-order valence-corrected chi connectivity index (χ2v) is 5.80. The van der Waals surface area contributed by atoms with Crippen LogP contribution in [-0.2, 0) is 6.42 Å². The normalized spacial score (nSPS) is 11.8. The fraction of sp³-hybridized carbons (Fsp3) is 0.385. The van der Waals surface area contributed by atoms with Gasteiger partial charge in [0.05, 0.1) is 12.0 Å². The monoisotopic (exact) mass is 282 g/mol. The standard InChI is InChI=1S/C13H15FN2O2S/c1-13(2,17)8-19-12-16-15-11(18-12)7-9-4-3-5-10(14)6-9/h3-6,17H,7-8H2,1-2H3. The number of rotatable bonds is 5. The van der Waals surface area contributed by atoms with E-state index in [1.165, 1.54) is 23.9 Å². The highest BCUT2D eigenvalue weighted by atomic mass is 32.2. The van der Waals surface area contributed by atoms with Crippen LogP contribution in [0.2, 0.25) is 0 Å². The number of hydrogen-bond donors (Lipinski definition) is 1. The van der Waals surface area contributed by atoms with Crippen LogP contribution < -0.4 is 0 Å². The zero-order valence-corrected chi connectivity index (χ0v) is 11.6. The first kappa shape index (κ1) is 14.0. The predicted octanol–water partition coefficient (Wildman–Crippen LogP) is 2.66. The van der Waals surface area contributed by atoms with Gasteiger partial charge in [0, 0.05) is 5.75 Å². The molecular weight excluding hydrogens is 267 g/mol. The Morgan fingerprint density at radius 3 is 2.84 bits per heavy atom. The molecule has 0 fully saturated rings. The molecular formula is C13H15FN2O2S. The Kier molecular flexibility index (Phi) is 4.21. The molecule has 0 radical (unpaired) electrons. The number of nitrogens with zero attached hydrogens (tertiary/aromatic N) is 2. The van der Waals surface area contributed by atoms with Crippen molar-refractivity contribution >= 4 is 11.8 Å². The molecule has 1 aromatic carbocycles. The van der Waals surface area contributed by atoms with Crippen molar-refractivity contribution in [3.63, 3.8) is 0 Å². The van der Waals surface area contributed by atoms with Crippen LogP contribution in [-0.4, -0.2) is 26.7 Å². The summed E-state index contributed by atoms with van der Waals surface area (Å²) in [5.41, 5.74) is -0.00956. The Labute approximate surface area is 115 Å². The fourth-order valence-electron chi connectivity index (χ4n) is 1.43. The molecule has 6 heteroatoms. The molecule has 0 aliphatic carbocycles. The summed E-state index contributed by atoms with van der Waals surface area (Å²) in [7, 11) is 0. The van der Waals surface area contributed by atoms with E-state index in [0.29, 0.717) is 23.3 Å². The third-order valence-electron chi connectivity index (χ3n) is 2.24. The average molecular weight is 282 g/mol. The molecule has 1 heterocycles. The summed E-state index contributed by atoms with van der Waals surface area (Å²) >= 11 is 1.30. The van der Waals surface area contributed by atoms with Gasteiger partial charge in [-0.3, -0.25) is 0 Å². The third-order valence-corrected chi connectivity index (χ3v) is 3.50. The molecule has 0 amide bonds. The van der Waals surface area contributed by atoms with Crippen molar-refractivity contribution in [3.05, 3.63) is 41.5 Å². The molecule has 2 aromatic rings. The number of aromatic nitrogens is 2.